The van der Waals surface area contributed by atoms with E-state index in [1.807, 2.05) is 48.5 Å². The molecule has 0 atom stereocenters. The molecule has 0 unspecified atom stereocenters. The largest absolute Gasteiger partial charge is 0.456 e. The Morgan fingerprint density at radius 3 is 1.80 bits per heavy atom. The Bertz CT molecular complexity index is 3080. The van der Waals surface area contributed by atoms with Crippen molar-refractivity contribution in [3.05, 3.63) is 193 Å². The molecule has 4 nitrogen and oxygen atoms in total. The Hall–Kier alpha value is -7.17. The van der Waals surface area contributed by atoms with E-state index < -0.39 is 0 Å². The lowest BCUT2D eigenvalue weighted by molar-refractivity contribution is 0.621. The van der Waals surface area contributed by atoms with Gasteiger partial charge < -0.3 is 13.7 Å². The summed E-state index contributed by atoms with van der Waals surface area (Å²) in [7, 11) is 0. The smallest absolute Gasteiger partial charge is 0.227 e. The molecule has 0 radical (unpaired) electrons. The standard InChI is InChI=1S/C52H36N2O2/c1-52(2)43-19-11-9-17-40(43)42-31-39(29-30-44(42)52)54(37-25-21-34(22-26-37)33-13-5-3-6-14-33)38-27-23-35(24-28-38)48-49-41-18-10-12-20-46(41)55-47(49)32-45-50(48)56-51(53-45)36-15-7-4-8-16-36/h3-32H,1-2H3. The summed E-state index contributed by atoms with van der Waals surface area (Å²) in [6, 6.07) is 64.3. The second-order valence-electron chi connectivity index (χ2n) is 15.2. The number of anilines is 3. The Morgan fingerprint density at radius 1 is 0.464 bits per heavy atom. The molecule has 0 bridgehead atoms. The van der Waals surface area contributed by atoms with E-state index in [0.29, 0.717) is 5.89 Å². The van der Waals surface area contributed by atoms with Crippen LogP contribution in [0.4, 0.5) is 17.1 Å². The summed E-state index contributed by atoms with van der Waals surface area (Å²) in [4.78, 5) is 7.32. The van der Waals surface area contributed by atoms with Crippen LogP contribution in [0, 0.1) is 0 Å². The number of oxazole rings is 1. The molecular weight excluding hydrogens is 685 g/mol. The number of aromatic nitrogens is 1. The maximum absolute atomic E-state index is 6.65. The Kier molecular flexibility index (Phi) is 7.17. The maximum atomic E-state index is 6.65. The average Bonchev–Trinajstić information content (AvgIpc) is 3.91. The summed E-state index contributed by atoms with van der Waals surface area (Å²) >= 11 is 0. The minimum absolute atomic E-state index is 0.0705. The van der Waals surface area contributed by atoms with Crippen LogP contribution in [-0.2, 0) is 5.41 Å². The molecule has 11 rings (SSSR count). The van der Waals surface area contributed by atoms with Gasteiger partial charge in [-0.15, -0.1) is 0 Å². The number of furan rings is 1. The minimum atomic E-state index is -0.0705. The third-order valence-corrected chi connectivity index (χ3v) is 11.5. The van der Waals surface area contributed by atoms with Crippen molar-refractivity contribution in [2.75, 3.05) is 4.90 Å². The highest BCUT2D eigenvalue weighted by Crippen LogP contribution is 2.51. The van der Waals surface area contributed by atoms with E-state index in [9.17, 15) is 0 Å². The van der Waals surface area contributed by atoms with E-state index in [2.05, 4.69) is 152 Å². The predicted octanol–water partition coefficient (Wildman–Crippen LogP) is 14.5. The van der Waals surface area contributed by atoms with Gasteiger partial charge in [0.15, 0.2) is 5.58 Å². The molecule has 0 N–H and O–H groups in total. The molecular formula is C52H36N2O2. The van der Waals surface area contributed by atoms with Crippen molar-refractivity contribution in [1.29, 1.82) is 0 Å². The van der Waals surface area contributed by atoms with Crippen molar-refractivity contribution in [2.24, 2.45) is 0 Å². The van der Waals surface area contributed by atoms with Gasteiger partial charge in [0.25, 0.3) is 0 Å². The van der Waals surface area contributed by atoms with Gasteiger partial charge in [0.05, 0.1) is 0 Å². The fourth-order valence-electron chi connectivity index (χ4n) is 8.76. The average molecular weight is 721 g/mol. The second kappa shape index (κ2) is 12.4. The van der Waals surface area contributed by atoms with Crippen LogP contribution in [0.2, 0.25) is 0 Å². The van der Waals surface area contributed by atoms with Gasteiger partial charge in [0, 0.05) is 50.4 Å². The van der Waals surface area contributed by atoms with Crippen LogP contribution in [0.3, 0.4) is 0 Å². The predicted molar refractivity (Wildman–Crippen MR) is 230 cm³/mol. The van der Waals surface area contributed by atoms with Crippen LogP contribution >= 0.6 is 0 Å². The monoisotopic (exact) mass is 720 g/mol. The summed E-state index contributed by atoms with van der Waals surface area (Å²) < 4.78 is 13.1. The zero-order valence-electron chi connectivity index (χ0n) is 31.0. The molecule has 56 heavy (non-hydrogen) atoms. The lowest BCUT2D eigenvalue weighted by atomic mass is 9.82. The van der Waals surface area contributed by atoms with Crippen molar-refractivity contribution in [3.63, 3.8) is 0 Å². The normalized spacial score (nSPS) is 13.0. The zero-order chi connectivity index (χ0) is 37.4. The quantitative estimate of drug-likeness (QED) is 0.171. The number of benzene rings is 8. The molecule has 0 aliphatic heterocycles. The van der Waals surface area contributed by atoms with Gasteiger partial charge in [-0.2, -0.15) is 0 Å². The number of hydrogen-bond donors (Lipinski definition) is 0. The Labute approximate surface area is 324 Å². The van der Waals surface area contributed by atoms with E-state index in [1.54, 1.807) is 0 Å². The zero-order valence-corrected chi connectivity index (χ0v) is 31.0. The van der Waals surface area contributed by atoms with Crippen molar-refractivity contribution >= 4 is 50.1 Å². The second-order valence-corrected chi connectivity index (χ2v) is 15.2. The van der Waals surface area contributed by atoms with Crippen LogP contribution in [-0.4, -0.2) is 4.98 Å². The number of para-hydroxylation sites is 1. The first-order valence-corrected chi connectivity index (χ1v) is 19.1. The fourth-order valence-corrected chi connectivity index (χ4v) is 8.76. The van der Waals surface area contributed by atoms with Crippen LogP contribution in [0.5, 0.6) is 0 Å². The molecule has 266 valence electrons. The first kappa shape index (κ1) is 32.3. The molecule has 0 fully saturated rings. The topological polar surface area (TPSA) is 42.4 Å². The number of hydrogen-bond acceptors (Lipinski definition) is 4. The fraction of sp³-hybridized carbons (Fsp3) is 0.0577. The van der Waals surface area contributed by atoms with Gasteiger partial charge in [0.2, 0.25) is 5.89 Å². The van der Waals surface area contributed by atoms with Crippen LogP contribution in [0.25, 0.3) is 77.9 Å². The first-order valence-electron chi connectivity index (χ1n) is 19.1. The highest BCUT2D eigenvalue weighted by atomic mass is 16.4. The molecule has 4 heteroatoms. The molecule has 0 saturated carbocycles. The number of nitrogens with zero attached hydrogens (tertiary/aromatic N) is 2. The molecule has 8 aromatic carbocycles. The molecule has 10 aromatic rings. The van der Waals surface area contributed by atoms with Gasteiger partial charge in [-0.3, -0.25) is 0 Å². The lowest BCUT2D eigenvalue weighted by Crippen LogP contribution is -2.15. The number of rotatable bonds is 6. The molecule has 0 spiro atoms. The third-order valence-electron chi connectivity index (χ3n) is 11.5. The summed E-state index contributed by atoms with van der Waals surface area (Å²) in [5.41, 5.74) is 16.9. The summed E-state index contributed by atoms with van der Waals surface area (Å²) in [5.74, 6) is 0.585. The molecule has 2 heterocycles. The van der Waals surface area contributed by atoms with Crippen LogP contribution < -0.4 is 4.90 Å². The van der Waals surface area contributed by atoms with Crippen molar-refractivity contribution in [1.82, 2.24) is 4.98 Å². The van der Waals surface area contributed by atoms with Crippen LogP contribution in [0.1, 0.15) is 25.0 Å². The van der Waals surface area contributed by atoms with Crippen LogP contribution in [0.15, 0.2) is 191 Å². The van der Waals surface area contributed by atoms with Gasteiger partial charge in [-0.1, -0.05) is 135 Å². The van der Waals surface area contributed by atoms with Gasteiger partial charge in [0.1, 0.15) is 16.7 Å². The summed E-state index contributed by atoms with van der Waals surface area (Å²) in [6.07, 6.45) is 0. The van der Waals surface area contributed by atoms with Gasteiger partial charge in [-0.25, -0.2) is 4.98 Å². The Balaban J connectivity index is 1.08. The Morgan fingerprint density at radius 2 is 1.05 bits per heavy atom. The number of fused-ring (bicyclic) bond motifs is 7. The summed E-state index contributed by atoms with van der Waals surface area (Å²) in [6.45, 7) is 4.66. The van der Waals surface area contributed by atoms with Gasteiger partial charge in [-0.05, 0) is 93.5 Å². The third kappa shape index (κ3) is 5.03. The summed E-state index contributed by atoms with van der Waals surface area (Å²) in [5, 5.41) is 2.06. The van der Waals surface area contributed by atoms with E-state index in [4.69, 9.17) is 13.8 Å². The highest BCUT2D eigenvalue weighted by molar-refractivity contribution is 6.19. The van der Waals surface area contributed by atoms with Crippen molar-refractivity contribution in [3.8, 4) is 44.8 Å². The molecule has 0 saturated heterocycles. The first-order chi connectivity index (χ1) is 27.5. The molecule has 0 amide bonds. The van der Waals surface area contributed by atoms with Crippen molar-refractivity contribution < 1.29 is 8.83 Å². The lowest BCUT2D eigenvalue weighted by Gasteiger charge is -2.27. The van der Waals surface area contributed by atoms with Gasteiger partial charge >= 0.3 is 0 Å². The molecule has 1 aliphatic rings. The highest BCUT2D eigenvalue weighted by Gasteiger charge is 2.35. The maximum Gasteiger partial charge on any atom is 0.227 e. The molecule has 1 aliphatic carbocycles. The van der Waals surface area contributed by atoms with E-state index in [-0.39, 0.29) is 5.41 Å². The van der Waals surface area contributed by atoms with E-state index in [1.165, 1.54) is 33.4 Å². The van der Waals surface area contributed by atoms with Crippen molar-refractivity contribution in [2.45, 2.75) is 19.3 Å². The molecule has 2 aromatic heterocycles. The van der Waals surface area contributed by atoms with E-state index >= 15 is 0 Å². The minimum Gasteiger partial charge on any atom is -0.456 e. The van der Waals surface area contributed by atoms with E-state index in [0.717, 1.165) is 66.8 Å². The SMILES string of the molecule is CC1(C)c2ccccc2-c2cc(N(c3ccc(-c4ccccc4)cc3)c3ccc(-c4c5oc(-c6ccccc6)nc5cc5oc6ccccc6c45)cc3)ccc21.